The second kappa shape index (κ2) is 4.76. The SMILES string of the molecule is Cc1cc(F)c(-n2ccnc2NC(C)C)cc1F. The molecule has 0 aliphatic carbocycles. The molecule has 0 fully saturated rings. The summed E-state index contributed by atoms with van der Waals surface area (Å²) in [7, 11) is 0. The Morgan fingerprint density at radius 2 is 1.94 bits per heavy atom. The van der Waals surface area contributed by atoms with Gasteiger partial charge in [-0.25, -0.2) is 13.8 Å². The summed E-state index contributed by atoms with van der Waals surface area (Å²) < 4.78 is 28.9. The average Bonchev–Trinajstić information content (AvgIpc) is 2.70. The number of rotatable bonds is 3. The molecular formula is C13H15F2N3. The summed E-state index contributed by atoms with van der Waals surface area (Å²) in [6.07, 6.45) is 3.14. The van der Waals surface area contributed by atoms with Crippen LogP contribution in [0.1, 0.15) is 19.4 Å². The van der Waals surface area contributed by atoms with Crippen molar-refractivity contribution in [3.63, 3.8) is 0 Å². The van der Waals surface area contributed by atoms with Crippen LogP contribution in [-0.2, 0) is 0 Å². The highest BCUT2D eigenvalue weighted by molar-refractivity contribution is 5.44. The fourth-order valence-electron chi connectivity index (χ4n) is 1.68. The molecule has 18 heavy (non-hydrogen) atoms. The smallest absolute Gasteiger partial charge is 0.207 e. The van der Waals surface area contributed by atoms with Gasteiger partial charge in [-0.2, -0.15) is 0 Å². The lowest BCUT2D eigenvalue weighted by molar-refractivity contribution is 0.585. The molecule has 0 saturated carbocycles. The Balaban J connectivity index is 2.49. The van der Waals surface area contributed by atoms with E-state index in [2.05, 4.69) is 10.3 Å². The Kier molecular flexibility index (Phi) is 3.32. The molecule has 1 N–H and O–H groups in total. The number of halogens is 2. The van der Waals surface area contributed by atoms with Crippen LogP contribution in [0, 0.1) is 18.6 Å². The molecule has 1 heterocycles. The number of aryl methyl sites for hydroxylation is 1. The maximum Gasteiger partial charge on any atom is 0.207 e. The van der Waals surface area contributed by atoms with Crippen molar-refractivity contribution in [2.24, 2.45) is 0 Å². The number of anilines is 1. The first-order valence-electron chi connectivity index (χ1n) is 5.75. The summed E-state index contributed by atoms with van der Waals surface area (Å²) in [5.74, 6) is -0.415. The second-order valence-corrected chi connectivity index (χ2v) is 4.47. The molecule has 5 heteroatoms. The van der Waals surface area contributed by atoms with Gasteiger partial charge in [-0.1, -0.05) is 0 Å². The van der Waals surface area contributed by atoms with Crippen LogP contribution in [0.2, 0.25) is 0 Å². The van der Waals surface area contributed by atoms with Crippen LogP contribution in [0.4, 0.5) is 14.7 Å². The molecular weight excluding hydrogens is 236 g/mol. The fraction of sp³-hybridized carbons (Fsp3) is 0.308. The zero-order chi connectivity index (χ0) is 13.3. The van der Waals surface area contributed by atoms with E-state index in [1.54, 1.807) is 12.4 Å². The summed E-state index contributed by atoms with van der Waals surface area (Å²) in [5, 5.41) is 3.08. The van der Waals surface area contributed by atoms with Crippen molar-refractivity contribution in [1.82, 2.24) is 9.55 Å². The van der Waals surface area contributed by atoms with E-state index in [-0.39, 0.29) is 17.3 Å². The minimum Gasteiger partial charge on any atom is -0.353 e. The topological polar surface area (TPSA) is 29.9 Å². The monoisotopic (exact) mass is 251 g/mol. The van der Waals surface area contributed by atoms with E-state index in [1.807, 2.05) is 13.8 Å². The summed E-state index contributed by atoms with van der Waals surface area (Å²) in [5.41, 5.74) is 0.438. The predicted octanol–water partition coefficient (Wildman–Crippen LogP) is 3.28. The zero-order valence-corrected chi connectivity index (χ0v) is 10.5. The number of benzene rings is 1. The van der Waals surface area contributed by atoms with E-state index in [0.29, 0.717) is 5.95 Å². The summed E-state index contributed by atoms with van der Waals surface area (Å²) in [6, 6.07) is 2.52. The summed E-state index contributed by atoms with van der Waals surface area (Å²) >= 11 is 0. The molecule has 0 saturated heterocycles. The molecule has 0 aliphatic rings. The van der Waals surface area contributed by atoms with E-state index >= 15 is 0 Å². The van der Waals surface area contributed by atoms with E-state index in [9.17, 15) is 8.78 Å². The van der Waals surface area contributed by atoms with Crippen molar-refractivity contribution in [2.75, 3.05) is 5.32 Å². The first-order valence-corrected chi connectivity index (χ1v) is 5.75. The molecule has 2 aromatic rings. The van der Waals surface area contributed by atoms with Crippen molar-refractivity contribution in [3.05, 3.63) is 41.7 Å². The molecule has 1 aromatic heterocycles. The van der Waals surface area contributed by atoms with Crippen LogP contribution >= 0.6 is 0 Å². The van der Waals surface area contributed by atoms with E-state index in [1.165, 1.54) is 23.6 Å². The highest BCUT2D eigenvalue weighted by atomic mass is 19.1. The van der Waals surface area contributed by atoms with Gasteiger partial charge in [0, 0.05) is 24.5 Å². The largest absolute Gasteiger partial charge is 0.353 e. The number of aromatic nitrogens is 2. The van der Waals surface area contributed by atoms with Crippen LogP contribution in [0.25, 0.3) is 5.69 Å². The Bertz CT molecular complexity index is 561. The molecule has 1 aromatic carbocycles. The number of imidazole rings is 1. The van der Waals surface area contributed by atoms with E-state index in [4.69, 9.17) is 0 Å². The molecule has 0 spiro atoms. The number of nitrogens with one attached hydrogen (secondary N) is 1. The fourth-order valence-corrected chi connectivity index (χ4v) is 1.68. The van der Waals surface area contributed by atoms with Crippen LogP contribution in [0.5, 0.6) is 0 Å². The third-order valence-corrected chi connectivity index (χ3v) is 2.55. The first-order chi connectivity index (χ1) is 8.49. The third kappa shape index (κ3) is 2.34. The standard InChI is InChI=1S/C13H15F2N3/c1-8(2)17-13-16-4-5-18(13)12-7-10(14)9(3)6-11(12)15/h4-8H,1-3H3,(H,16,17). The van der Waals surface area contributed by atoms with Gasteiger partial charge >= 0.3 is 0 Å². The normalized spacial score (nSPS) is 11.0. The van der Waals surface area contributed by atoms with Gasteiger partial charge in [0.05, 0.1) is 5.69 Å². The zero-order valence-electron chi connectivity index (χ0n) is 10.5. The van der Waals surface area contributed by atoms with Crippen LogP contribution in [-0.4, -0.2) is 15.6 Å². The Morgan fingerprint density at radius 3 is 2.61 bits per heavy atom. The van der Waals surface area contributed by atoms with Gasteiger partial charge in [-0.05, 0) is 32.4 Å². The highest BCUT2D eigenvalue weighted by Crippen LogP contribution is 2.21. The molecule has 0 bridgehead atoms. The van der Waals surface area contributed by atoms with Crippen molar-refractivity contribution in [2.45, 2.75) is 26.8 Å². The van der Waals surface area contributed by atoms with Gasteiger partial charge in [-0.3, -0.25) is 4.57 Å². The molecule has 0 radical (unpaired) electrons. The van der Waals surface area contributed by atoms with E-state index < -0.39 is 11.6 Å². The number of hydrogen-bond acceptors (Lipinski definition) is 2. The number of hydrogen-bond donors (Lipinski definition) is 1. The lowest BCUT2D eigenvalue weighted by Gasteiger charge is -2.13. The van der Waals surface area contributed by atoms with Crippen molar-refractivity contribution < 1.29 is 8.78 Å². The second-order valence-electron chi connectivity index (χ2n) is 4.47. The lowest BCUT2D eigenvalue weighted by Crippen LogP contribution is -2.14. The Hall–Kier alpha value is -1.91. The van der Waals surface area contributed by atoms with Gasteiger partial charge in [0.2, 0.25) is 5.95 Å². The number of nitrogens with zero attached hydrogens (tertiary/aromatic N) is 2. The highest BCUT2D eigenvalue weighted by Gasteiger charge is 2.12. The molecule has 0 unspecified atom stereocenters. The van der Waals surface area contributed by atoms with Crippen molar-refractivity contribution >= 4 is 5.95 Å². The molecule has 0 amide bonds. The molecule has 96 valence electrons. The van der Waals surface area contributed by atoms with E-state index in [0.717, 1.165) is 0 Å². The predicted molar refractivity (Wildman–Crippen MR) is 67.0 cm³/mol. The minimum absolute atomic E-state index is 0.152. The molecule has 0 aliphatic heterocycles. The van der Waals surface area contributed by atoms with Gasteiger partial charge in [0.25, 0.3) is 0 Å². The average molecular weight is 251 g/mol. The minimum atomic E-state index is -0.473. The van der Waals surface area contributed by atoms with Gasteiger partial charge in [0.15, 0.2) is 0 Å². The van der Waals surface area contributed by atoms with Crippen LogP contribution < -0.4 is 5.32 Å². The third-order valence-electron chi connectivity index (χ3n) is 2.55. The van der Waals surface area contributed by atoms with Gasteiger partial charge in [-0.15, -0.1) is 0 Å². The maximum atomic E-state index is 13.9. The maximum absolute atomic E-state index is 13.9. The van der Waals surface area contributed by atoms with Gasteiger partial charge < -0.3 is 5.32 Å². The van der Waals surface area contributed by atoms with Crippen molar-refractivity contribution in [3.8, 4) is 5.69 Å². The quantitative estimate of drug-likeness (QED) is 0.907. The van der Waals surface area contributed by atoms with Crippen molar-refractivity contribution in [1.29, 1.82) is 0 Å². The van der Waals surface area contributed by atoms with Gasteiger partial charge in [0.1, 0.15) is 11.6 Å². The van der Waals surface area contributed by atoms with Crippen LogP contribution in [0.15, 0.2) is 24.5 Å². The Labute approximate surface area is 104 Å². The molecule has 2 rings (SSSR count). The summed E-state index contributed by atoms with van der Waals surface area (Å²) in [6.45, 7) is 5.43. The van der Waals surface area contributed by atoms with Crippen LogP contribution in [0.3, 0.4) is 0 Å². The molecule has 0 atom stereocenters. The Morgan fingerprint density at radius 1 is 1.22 bits per heavy atom. The summed E-state index contributed by atoms with van der Waals surface area (Å²) in [4.78, 5) is 4.09. The first kappa shape index (κ1) is 12.5. The lowest BCUT2D eigenvalue weighted by atomic mass is 10.2. The molecule has 3 nitrogen and oxygen atoms in total.